The van der Waals surface area contributed by atoms with Gasteiger partial charge in [0.2, 0.25) is 5.91 Å². The third-order valence-corrected chi connectivity index (χ3v) is 4.63. The van der Waals surface area contributed by atoms with Crippen LogP contribution in [0.4, 0.5) is 5.69 Å². The van der Waals surface area contributed by atoms with Gasteiger partial charge in [0.05, 0.1) is 0 Å². The number of amides is 1. The number of hydrogen-bond acceptors (Lipinski definition) is 2. The first-order valence-electron chi connectivity index (χ1n) is 6.49. The third kappa shape index (κ3) is 4.95. The Kier molecular flexibility index (Phi) is 5.97. The minimum Gasteiger partial charge on any atom is -0.326 e. The van der Waals surface area contributed by atoms with Crippen LogP contribution >= 0.6 is 35.0 Å². The number of carbonyl (C=O) groups is 1. The van der Waals surface area contributed by atoms with Crippen LogP contribution in [0.5, 0.6) is 0 Å². The molecule has 0 heterocycles. The van der Waals surface area contributed by atoms with Crippen molar-refractivity contribution in [2.45, 2.75) is 18.2 Å². The fourth-order valence-electron chi connectivity index (χ4n) is 1.75. The third-order valence-electron chi connectivity index (χ3n) is 2.95. The van der Waals surface area contributed by atoms with Crippen molar-refractivity contribution in [3.05, 3.63) is 58.1 Å². The van der Waals surface area contributed by atoms with Gasteiger partial charge >= 0.3 is 0 Å². The fraction of sp³-hybridized carbons (Fsp3) is 0.188. The zero-order valence-corrected chi connectivity index (χ0v) is 13.9. The van der Waals surface area contributed by atoms with Crippen LogP contribution in [0.25, 0.3) is 0 Å². The number of anilines is 1. The summed E-state index contributed by atoms with van der Waals surface area (Å²) in [4.78, 5) is 13.0. The largest absolute Gasteiger partial charge is 0.326 e. The van der Waals surface area contributed by atoms with Crippen LogP contribution in [0.15, 0.2) is 47.4 Å². The second-order valence-electron chi connectivity index (χ2n) is 4.51. The summed E-state index contributed by atoms with van der Waals surface area (Å²) in [7, 11) is 0. The van der Waals surface area contributed by atoms with Gasteiger partial charge in [-0.2, -0.15) is 0 Å². The molecule has 0 saturated carbocycles. The summed E-state index contributed by atoms with van der Waals surface area (Å²) >= 11 is 13.5. The molecule has 2 nitrogen and oxygen atoms in total. The lowest BCUT2D eigenvalue weighted by Gasteiger charge is -2.09. The van der Waals surface area contributed by atoms with Gasteiger partial charge in [-0.25, -0.2) is 0 Å². The Morgan fingerprint density at radius 1 is 1.14 bits per heavy atom. The van der Waals surface area contributed by atoms with E-state index in [2.05, 4.69) is 5.32 Å². The quantitative estimate of drug-likeness (QED) is 0.736. The minimum atomic E-state index is -0.0122. The molecule has 0 spiro atoms. The molecule has 0 unspecified atom stereocenters. The van der Waals surface area contributed by atoms with Crippen molar-refractivity contribution in [3.8, 4) is 0 Å². The van der Waals surface area contributed by atoms with Crippen molar-refractivity contribution in [1.29, 1.82) is 0 Å². The van der Waals surface area contributed by atoms with E-state index in [0.717, 1.165) is 16.1 Å². The van der Waals surface area contributed by atoms with Crippen LogP contribution in [0.3, 0.4) is 0 Å². The van der Waals surface area contributed by atoms with E-state index in [4.69, 9.17) is 23.2 Å². The van der Waals surface area contributed by atoms with Gasteiger partial charge in [-0.05, 0) is 48.9 Å². The smallest absolute Gasteiger partial charge is 0.225 e. The minimum absolute atomic E-state index is 0.0122. The molecule has 0 aliphatic rings. The van der Waals surface area contributed by atoms with Gasteiger partial charge in [0.15, 0.2) is 0 Å². The maximum Gasteiger partial charge on any atom is 0.225 e. The predicted molar refractivity (Wildman–Crippen MR) is 91.6 cm³/mol. The highest BCUT2D eigenvalue weighted by molar-refractivity contribution is 7.99. The molecule has 2 rings (SSSR count). The molecule has 0 aromatic heterocycles. The van der Waals surface area contributed by atoms with Gasteiger partial charge in [0.1, 0.15) is 0 Å². The summed E-state index contributed by atoms with van der Waals surface area (Å²) in [5.74, 6) is 0.703. The van der Waals surface area contributed by atoms with Crippen molar-refractivity contribution in [2.24, 2.45) is 0 Å². The average Bonchev–Trinajstić information content (AvgIpc) is 2.46. The molecule has 0 aliphatic carbocycles. The molecular formula is C16H15Cl2NOS. The van der Waals surface area contributed by atoms with Crippen LogP contribution in [0, 0.1) is 6.92 Å². The molecule has 0 fully saturated rings. The Bertz CT molecular complexity index is 629. The Balaban J connectivity index is 1.82. The fourth-order valence-corrected chi connectivity index (χ4v) is 2.90. The first-order valence-corrected chi connectivity index (χ1v) is 8.24. The summed E-state index contributed by atoms with van der Waals surface area (Å²) < 4.78 is 0. The average molecular weight is 340 g/mol. The first-order chi connectivity index (χ1) is 10.1. The van der Waals surface area contributed by atoms with Crippen LogP contribution in [0.2, 0.25) is 10.0 Å². The van der Waals surface area contributed by atoms with E-state index in [1.54, 1.807) is 11.8 Å². The molecule has 2 aromatic rings. The number of thioether (sulfide) groups is 1. The second kappa shape index (κ2) is 7.74. The second-order valence-corrected chi connectivity index (χ2v) is 6.52. The van der Waals surface area contributed by atoms with E-state index in [0.29, 0.717) is 22.2 Å². The molecule has 0 saturated heterocycles. The van der Waals surface area contributed by atoms with Crippen molar-refractivity contribution in [2.75, 3.05) is 11.1 Å². The predicted octanol–water partition coefficient (Wildman–Crippen LogP) is 5.42. The summed E-state index contributed by atoms with van der Waals surface area (Å²) in [5, 5.41) is 4.26. The van der Waals surface area contributed by atoms with Crippen molar-refractivity contribution < 1.29 is 4.79 Å². The Labute approximate surface area is 138 Å². The van der Waals surface area contributed by atoms with Crippen molar-refractivity contribution in [3.63, 3.8) is 0 Å². The van der Waals surface area contributed by atoms with Gasteiger partial charge in [0, 0.05) is 32.8 Å². The highest BCUT2D eigenvalue weighted by atomic mass is 35.5. The molecule has 5 heteroatoms. The molecule has 0 bridgehead atoms. The lowest BCUT2D eigenvalue weighted by Crippen LogP contribution is -2.13. The molecule has 21 heavy (non-hydrogen) atoms. The maximum absolute atomic E-state index is 11.9. The van der Waals surface area contributed by atoms with E-state index >= 15 is 0 Å². The normalized spacial score (nSPS) is 10.4. The first kappa shape index (κ1) is 16.2. The highest BCUT2D eigenvalue weighted by Crippen LogP contribution is 2.24. The summed E-state index contributed by atoms with van der Waals surface area (Å²) in [6, 6.07) is 13.1. The van der Waals surface area contributed by atoms with Crippen LogP contribution in [0.1, 0.15) is 12.0 Å². The monoisotopic (exact) mass is 339 g/mol. The van der Waals surface area contributed by atoms with Crippen LogP contribution < -0.4 is 5.32 Å². The molecule has 1 N–H and O–H groups in total. The number of hydrogen-bond donors (Lipinski definition) is 1. The van der Waals surface area contributed by atoms with Gasteiger partial charge in [-0.1, -0.05) is 29.3 Å². The van der Waals surface area contributed by atoms with E-state index in [-0.39, 0.29) is 5.91 Å². The number of nitrogens with one attached hydrogen (secondary N) is 1. The Morgan fingerprint density at radius 2 is 1.86 bits per heavy atom. The van der Waals surface area contributed by atoms with E-state index in [1.165, 1.54) is 0 Å². The molecular weight excluding hydrogens is 325 g/mol. The maximum atomic E-state index is 11.9. The molecule has 2 aromatic carbocycles. The van der Waals surface area contributed by atoms with Gasteiger partial charge in [-0.3, -0.25) is 4.79 Å². The molecule has 0 aliphatic heterocycles. The van der Waals surface area contributed by atoms with Crippen molar-refractivity contribution >= 4 is 46.6 Å². The lowest BCUT2D eigenvalue weighted by molar-refractivity contribution is -0.115. The van der Waals surface area contributed by atoms with Gasteiger partial charge in [-0.15, -0.1) is 11.8 Å². The van der Waals surface area contributed by atoms with Crippen molar-refractivity contribution in [1.82, 2.24) is 0 Å². The van der Waals surface area contributed by atoms with Crippen LogP contribution in [-0.2, 0) is 4.79 Å². The van der Waals surface area contributed by atoms with Gasteiger partial charge < -0.3 is 5.32 Å². The van der Waals surface area contributed by atoms with E-state index in [1.807, 2.05) is 49.4 Å². The summed E-state index contributed by atoms with van der Waals surface area (Å²) in [6.45, 7) is 1.89. The molecule has 0 atom stereocenters. The summed E-state index contributed by atoms with van der Waals surface area (Å²) in [6.07, 6.45) is 0.444. The number of rotatable bonds is 5. The lowest BCUT2D eigenvalue weighted by atomic mass is 10.2. The summed E-state index contributed by atoms with van der Waals surface area (Å²) in [5.41, 5.74) is 1.65. The Morgan fingerprint density at radius 3 is 2.57 bits per heavy atom. The standard InChI is InChI=1S/C16H15Cl2NOS/c1-11-14(18)3-2-4-15(11)19-16(20)9-10-21-13-7-5-12(17)6-8-13/h2-8H,9-10H2,1H3,(H,19,20). The molecule has 0 radical (unpaired) electrons. The SMILES string of the molecule is Cc1c(Cl)cccc1NC(=O)CCSc1ccc(Cl)cc1. The van der Waals surface area contributed by atoms with E-state index in [9.17, 15) is 4.79 Å². The van der Waals surface area contributed by atoms with E-state index < -0.39 is 0 Å². The topological polar surface area (TPSA) is 29.1 Å². The number of benzene rings is 2. The highest BCUT2D eigenvalue weighted by Gasteiger charge is 2.07. The zero-order valence-electron chi connectivity index (χ0n) is 11.5. The molecule has 1 amide bonds. The number of halogens is 2. The Hall–Kier alpha value is -1.16. The zero-order chi connectivity index (χ0) is 15.2. The number of carbonyl (C=O) groups excluding carboxylic acids is 1. The van der Waals surface area contributed by atoms with Gasteiger partial charge in [0.25, 0.3) is 0 Å². The molecule has 110 valence electrons. The van der Waals surface area contributed by atoms with Crippen LogP contribution in [-0.4, -0.2) is 11.7 Å².